The largest absolute Gasteiger partial charge is 1.00 e. The van der Waals surface area contributed by atoms with E-state index in [1.807, 2.05) is 24.3 Å². The van der Waals surface area contributed by atoms with Crippen LogP contribution in [-0.2, 0) is 0 Å². The maximum atomic E-state index is 5.70. The number of rotatable bonds is 5. The molecule has 2 nitrogen and oxygen atoms in total. The number of benzene rings is 1. The zero-order chi connectivity index (χ0) is 11.9. The third-order valence-electron chi connectivity index (χ3n) is 3.15. The summed E-state index contributed by atoms with van der Waals surface area (Å²) in [7, 11) is 0. The Bertz CT molecular complexity index is 325. The van der Waals surface area contributed by atoms with Gasteiger partial charge in [0.25, 0.3) is 0 Å². The lowest BCUT2D eigenvalue weighted by Gasteiger charge is -2.26. The average Bonchev–Trinajstić information content (AvgIpc) is 2.38. The van der Waals surface area contributed by atoms with Gasteiger partial charge in [-0.25, -0.2) is 0 Å². The molecule has 17 heavy (non-hydrogen) atoms. The van der Waals surface area contributed by atoms with Crippen LogP contribution in [0.4, 0.5) is 0 Å². The molecule has 1 aromatic carbocycles. The second kappa shape index (κ2) is 7.02. The van der Waals surface area contributed by atoms with E-state index in [2.05, 4.69) is 20.8 Å². The van der Waals surface area contributed by atoms with Crippen molar-refractivity contribution in [1.82, 2.24) is 4.90 Å². The molecule has 94 valence electrons. The van der Waals surface area contributed by atoms with E-state index in [9.17, 15) is 0 Å². The number of likely N-dealkylation sites (tertiary alicyclic amines) is 1. The van der Waals surface area contributed by atoms with Gasteiger partial charge in [-0.1, -0.05) is 22.4 Å². The average molecular weight is 299 g/mol. The van der Waals surface area contributed by atoms with Gasteiger partial charge in [-0.2, -0.15) is 0 Å². The molecule has 1 aromatic rings. The van der Waals surface area contributed by atoms with Gasteiger partial charge in [-0.15, -0.1) is 0 Å². The Balaban J connectivity index is 0.00000162. The number of ether oxygens (including phenoxy) is 1. The van der Waals surface area contributed by atoms with E-state index >= 15 is 0 Å². The zero-order valence-corrected chi connectivity index (χ0v) is 11.8. The molecular weight excluding hydrogens is 278 g/mol. The summed E-state index contributed by atoms with van der Waals surface area (Å²) in [5.74, 6) is 0.965. The molecule has 0 atom stereocenters. The first-order valence-corrected chi connectivity index (χ1v) is 7.24. The SMILES string of the molecule is Brc1ccc(OCCCN2CCCCC2)cc1.[H+]. The van der Waals surface area contributed by atoms with Gasteiger partial charge in [0, 0.05) is 11.0 Å². The monoisotopic (exact) mass is 298 g/mol. The minimum absolute atomic E-state index is 0. The highest BCUT2D eigenvalue weighted by atomic mass is 79.9. The van der Waals surface area contributed by atoms with Crippen molar-refractivity contribution in [1.29, 1.82) is 0 Å². The van der Waals surface area contributed by atoms with Crippen molar-refractivity contribution in [2.45, 2.75) is 25.7 Å². The second-order valence-corrected chi connectivity index (χ2v) is 5.47. The Morgan fingerprint density at radius 1 is 1.12 bits per heavy atom. The van der Waals surface area contributed by atoms with Gasteiger partial charge in [-0.05, 0) is 56.6 Å². The topological polar surface area (TPSA) is 12.5 Å². The summed E-state index contributed by atoms with van der Waals surface area (Å²) in [6, 6.07) is 8.04. The normalized spacial score (nSPS) is 17.0. The highest BCUT2D eigenvalue weighted by Gasteiger charge is 2.08. The molecule has 0 spiro atoms. The highest BCUT2D eigenvalue weighted by molar-refractivity contribution is 9.10. The van der Waals surface area contributed by atoms with Crippen LogP contribution in [0.5, 0.6) is 5.75 Å². The van der Waals surface area contributed by atoms with Gasteiger partial charge >= 0.3 is 1.43 Å². The molecule has 1 heterocycles. The van der Waals surface area contributed by atoms with Crippen molar-refractivity contribution in [3.8, 4) is 5.75 Å². The van der Waals surface area contributed by atoms with Crippen molar-refractivity contribution < 1.29 is 6.16 Å². The van der Waals surface area contributed by atoms with E-state index in [4.69, 9.17) is 4.74 Å². The van der Waals surface area contributed by atoms with Crippen molar-refractivity contribution in [2.75, 3.05) is 26.2 Å². The first-order chi connectivity index (χ1) is 8.34. The molecule has 0 N–H and O–H groups in total. The molecule has 1 fully saturated rings. The van der Waals surface area contributed by atoms with Crippen LogP contribution in [0.2, 0.25) is 0 Å². The van der Waals surface area contributed by atoms with Crippen LogP contribution in [0.15, 0.2) is 28.7 Å². The molecule has 3 heteroatoms. The van der Waals surface area contributed by atoms with E-state index in [0.29, 0.717) is 0 Å². The number of nitrogens with zero attached hydrogens (tertiary/aromatic N) is 1. The van der Waals surface area contributed by atoms with Crippen LogP contribution in [0.3, 0.4) is 0 Å². The molecule has 0 bridgehead atoms. The van der Waals surface area contributed by atoms with Crippen LogP contribution in [0.25, 0.3) is 0 Å². The molecule has 1 aliphatic rings. The molecule has 0 amide bonds. The summed E-state index contributed by atoms with van der Waals surface area (Å²) >= 11 is 3.42. The third-order valence-corrected chi connectivity index (χ3v) is 3.68. The maximum absolute atomic E-state index is 5.70. The molecule has 1 saturated heterocycles. The Hall–Kier alpha value is -0.540. The summed E-state index contributed by atoms with van der Waals surface area (Å²) < 4.78 is 6.80. The van der Waals surface area contributed by atoms with Crippen LogP contribution in [0.1, 0.15) is 27.1 Å². The van der Waals surface area contributed by atoms with Crippen LogP contribution in [-0.4, -0.2) is 31.1 Å². The standard InChI is InChI=1S/C14H20BrNO/c15-13-5-7-14(8-6-13)17-12-4-11-16-9-2-1-3-10-16/h5-8H,1-4,9-12H2/p+1. The Labute approximate surface area is 114 Å². The Morgan fingerprint density at radius 3 is 2.53 bits per heavy atom. The summed E-state index contributed by atoms with van der Waals surface area (Å²) in [5, 5.41) is 0. The van der Waals surface area contributed by atoms with Crippen molar-refractivity contribution >= 4 is 15.9 Å². The van der Waals surface area contributed by atoms with Gasteiger partial charge in [0.1, 0.15) is 5.75 Å². The van der Waals surface area contributed by atoms with E-state index in [0.717, 1.165) is 23.2 Å². The molecule has 0 unspecified atom stereocenters. The Morgan fingerprint density at radius 2 is 1.82 bits per heavy atom. The number of hydrogen-bond donors (Lipinski definition) is 0. The van der Waals surface area contributed by atoms with Crippen molar-refractivity contribution in [3.63, 3.8) is 0 Å². The first kappa shape index (κ1) is 12.9. The fourth-order valence-corrected chi connectivity index (χ4v) is 2.46. The smallest absolute Gasteiger partial charge is 0.494 e. The van der Waals surface area contributed by atoms with E-state index in [1.165, 1.54) is 38.9 Å². The van der Waals surface area contributed by atoms with E-state index in [1.54, 1.807) is 0 Å². The second-order valence-electron chi connectivity index (χ2n) is 4.56. The predicted octanol–water partition coefficient (Wildman–Crippen LogP) is 3.82. The lowest BCUT2D eigenvalue weighted by Crippen LogP contribution is -2.31. The van der Waals surface area contributed by atoms with Gasteiger partial charge in [0.2, 0.25) is 0 Å². The summed E-state index contributed by atoms with van der Waals surface area (Å²) in [6.45, 7) is 4.55. The van der Waals surface area contributed by atoms with Gasteiger partial charge in [-0.3, -0.25) is 0 Å². The van der Waals surface area contributed by atoms with Crippen LogP contribution >= 0.6 is 15.9 Å². The van der Waals surface area contributed by atoms with Gasteiger partial charge in [0.15, 0.2) is 0 Å². The summed E-state index contributed by atoms with van der Waals surface area (Å²) in [4.78, 5) is 2.55. The highest BCUT2D eigenvalue weighted by Crippen LogP contribution is 2.16. The maximum Gasteiger partial charge on any atom is 1.00 e. The molecular formula is C14H21BrNO+. The van der Waals surface area contributed by atoms with E-state index in [-0.39, 0.29) is 1.43 Å². The fraction of sp³-hybridized carbons (Fsp3) is 0.571. The molecule has 1 aliphatic heterocycles. The van der Waals surface area contributed by atoms with Crippen molar-refractivity contribution in [3.05, 3.63) is 28.7 Å². The van der Waals surface area contributed by atoms with Gasteiger partial charge < -0.3 is 9.64 Å². The minimum atomic E-state index is 0. The number of piperidine rings is 1. The summed E-state index contributed by atoms with van der Waals surface area (Å²) in [5.41, 5.74) is 0. The zero-order valence-electron chi connectivity index (χ0n) is 11.2. The van der Waals surface area contributed by atoms with E-state index < -0.39 is 0 Å². The lowest BCUT2D eigenvalue weighted by atomic mass is 10.1. The van der Waals surface area contributed by atoms with Gasteiger partial charge in [0.05, 0.1) is 6.61 Å². The quantitative estimate of drug-likeness (QED) is 0.766. The van der Waals surface area contributed by atoms with Crippen molar-refractivity contribution in [2.24, 2.45) is 0 Å². The summed E-state index contributed by atoms with van der Waals surface area (Å²) in [6.07, 6.45) is 5.27. The minimum Gasteiger partial charge on any atom is -0.494 e. The number of halogens is 1. The predicted molar refractivity (Wildman–Crippen MR) is 75.7 cm³/mol. The Kier molecular flexibility index (Phi) is 5.33. The molecule has 0 saturated carbocycles. The van der Waals surface area contributed by atoms with Crippen LogP contribution in [0, 0.1) is 0 Å². The number of hydrogen-bond acceptors (Lipinski definition) is 2. The molecule has 0 radical (unpaired) electrons. The lowest BCUT2D eigenvalue weighted by molar-refractivity contribution is 0.205. The molecule has 2 rings (SSSR count). The fourth-order valence-electron chi connectivity index (χ4n) is 2.19. The van der Waals surface area contributed by atoms with Crippen LogP contribution < -0.4 is 4.74 Å². The third kappa shape index (κ3) is 4.68. The molecule has 0 aromatic heterocycles. The molecule has 0 aliphatic carbocycles. The first-order valence-electron chi connectivity index (χ1n) is 6.45.